The van der Waals surface area contributed by atoms with Crippen molar-refractivity contribution in [2.75, 3.05) is 30.3 Å². The Labute approximate surface area is 229 Å². The number of fused-ring (bicyclic) bond motifs is 1. The summed E-state index contributed by atoms with van der Waals surface area (Å²) in [4.78, 5) is 15.4. The minimum absolute atomic E-state index is 0.125. The quantitative estimate of drug-likeness (QED) is 0.149. The Kier molecular flexibility index (Phi) is 7.53. The standard InChI is InChI=1S/C25H33N11O4/c1-2-36-33-22(32-34-36)20-18(38)19(39)24(40-20)35-13-27-17-21(28-16(12-37)10-14-6-4-3-5-7-14)30-25(31-23(17)35)29-15-8-9-26-11-15/h3-7,13,15-16,18-20,24,26,37-39H,2,8-12H2,1H3,(H2,28,29,30,31)/t15-,16+,18+,19-,20+,24-/m1/s1. The maximum atomic E-state index is 11.0. The van der Waals surface area contributed by atoms with E-state index in [1.807, 2.05) is 37.3 Å². The fourth-order valence-corrected chi connectivity index (χ4v) is 5.09. The number of aryl methyl sites for hydroxylation is 1. The number of nitrogens with one attached hydrogen (secondary N) is 3. The summed E-state index contributed by atoms with van der Waals surface area (Å²) in [5, 5.41) is 54.1. The van der Waals surface area contributed by atoms with Gasteiger partial charge >= 0.3 is 0 Å². The molecule has 15 nitrogen and oxygen atoms in total. The zero-order valence-electron chi connectivity index (χ0n) is 22.0. The molecule has 6 atom stereocenters. The van der Waals surface area contributed by atoms with Gasteiger partial charge in [-0.1, -0.05) is 30.3 Å². The third-order valence-corrected chi connectivity index (χ3v) is 7.22. The van der Waals surface area contributed by atoms with Gasteiger partial charge in [-0.15, -0.1) is 10.2 Å². The van der Waals surface area contributed by atoms with Gasteiger partial charge in [0.15, 0.2) is 29.3 Å². The molecular formula is C25H33N11O4. The molecule has 40 heavy (non-hydrogen) atoms. The van der Waals surface area contributed by atoms with Crippen molar-refractivity contribution < 1.29 is 20.1 Å². The van der Waals surface area contributed by atoms with E-state index in [0.717, 1.165) is 25.1 Å². The maximum Gasteiger partial charge on any atom is 0.227 e. The highest BCUT2D eigenvalue weighted by Gasteiger charge is 2.47. The minimum atomic E-state index is -1.30. The van der Waals surface area contributed by atoms with Crippen LogP contribution in [0, 0.1) is 0 Å². The third-order valence-electron chi connectivity index (χ3n) is 7.22. The molecule has 1 aromatic carbocycles. The summed E-state index contributed by atoms with van der Waals surface area (Å²) >= 11 is 0. The molecule has 212 valence electrons. The monoisotopic (exact) mass is 551 g/mol. The molecule has 2 aliphatic heterocycles. The summed E-state index contributed by atoms with van der Waals surface area (Å²) in [6.45, 7) is 3.92. The first-order chi connectivity index (χ1) is 19.5. The average Bonchev–Trinajstić information content (AvgIpc) is 3.78. The average molecular weight is 552 g/mol. The van der Waals surface area contributed by atoms with Crippen molar-refractivity contribution in [3.05, 3.63) is 48.0 Å². The van der Waals surface area contributed by atoms with Crippen molar-refractivity contribution in [3.8, 4) is 0 Å². The molecule has 15 heteroatoms. The largest absolute Gasteiger partial charge is 0.394 e. The number of rotatable bonds is 10. The van der Waals surface area contributed by atoms with Gasteiger partial charge in [0, 0.05) is 12.6 Å². The van der Waals surface area contributed by atoms with Crippen molar-refractivity contribution >= 4 is 22.9 Å². The van der Waals surface area contributed by atoms with E-state index in [1.54, 1.807) is 4.57 Å². The minimum Gasteiger partial charge on any atom is -0.394 e. The molecule has 0 radical (unpaired) electrons. The zero-order valence-corrected chi connectivity index (χ0v) is 22.0. The molecule has 0 saturated carbocycles. The van der Waals surface area contributed by atoms with Crippen LogP contribution in [0.5, 0.6) is 0 Å². The molecule has 2 fully saturated rings. The van der Waals surface area contributed by atoms with Crippen molar-refractivity contribution in [2.24, 2.45) is 0 Å². The van der Waals surface area contributed by atoms with Crippen molar-refractivity contribution in [1.82, 2.24) is 45.0 Å². The van der Waals surface area contributed by atoms with E-state index in [0.29, 0.717) is 35.9 Å². The molecule has 2 saturated heterocycles. The number of hydrogen-bond acceptors (Lipinski definition) is 13. The summed E-state index contributed by atoms with van der Waals surface area (Å²) in [5.41, 5.74) is 1.89. The molecular weight excluding hydrogens is 518 g/mol. The van der Waals surface area contributed by atoms with Crippen LogP contribution in [0.15, 0.2) is 36.7 Å². The van der Waals surface area contributed by atoms with Crippen molar-refractivity contribution in [3.63, 3.8) is 0 Å². The lowest BCUT2D eigenvalue weighted by molar-refractivity contribution is -0.0384. The Morgan fingerprint density at radius 1 is 1.18 bits per heavy atom. The molecule has 0 amide bonds. The lowest BCUT2D eigenvalue weighted by Gasteiger charge is -2.20. The van der Waals surface area contributed by atoms with Gasteiger partial charge < -0.3 is 36.0 Å². The van der Waals surface area contributed by atoms with Crippen LogP contribution in [0.1, 0.15) is 37.1 Å². The van der Waals surface area contributed by atoms with E-state index in [1.165, 1.54) is 11.1 Å². The molecule has 2 aliphatic rings. The van der Waals surface area contributed by atoms with Gasteiger partial charge in [-0.2, -0.15) is 14.8 Å². The predicted octanol–water partition coefficient (Wildman–Crippen LogP) is -0.386. The van der Waals surface area contributed by atoms with Gasteiger partial charge in [-0.05, 0) is 37.1 Å². The van der Waals surface area contributed by atoms with Gasteiger partial charge in [0.2, 0.25) is 11.8 Å². The Morgan fingerprint density at radius 2 is 2.02 bits per heavy atom. The number of aromatic nitrogens is 8. The van der Waals surface area contributed by atoms with Gasteiger partial charge in [-0.25, -0.2) is 4.98 Å². The first-order valence-electron chi connectivity index (χ1n) is 13.5. The molecule has 6 N–H and O–H groups in total. The normalized spacial score (nSPS) is 25.4. The summed E-state index contributed by atoms with van der Waals surface area (Å²) in [6.07, 6.45) is -1.60. The number of nitrogens with zero attached hydrogens (tertiary/aromatic N) is 8. The van der Waals surface area contributed by atoms with Gasteiger partial charge in [0.1, 0.15) is 12.2 Å². The Balaban J connectivity index is 1.33. The molecule has 4 aromatic rings. The highest BCUT2D eigenvalue weighted by atomic mass is 16.6. The van der Waals surface area contributed by atoms with Crippen LogP contribution in [-0.2, 0) is 17.7 Å². The number of benzene rings is 1. The molecule has 6 rings (SSSR count). The first kappa shape index (κ1) is 26.5. The van der Waals surface area contributed by atoms with Crippen LogP contribution in [0.2, 0.25) is 0 Å². The lowest BCUT2D eigenvalue weighted by atomic mass is 10.1. The van der Waals surface area contributed by atoms with Crippen molar-refractivity contribution in [2.45, 2.75) is 62.9 Å². The second-order valence-corrected chi connectivity index (χ2v) is 10.0. The van der Waals surface area contributed by atoms with E-state index >= 15 is 0 Å². The second-order valence-electron chi connectivity index (χ2n) is 10.0. The van der Waals surface area contributed by atoms with E-state index in [9.17, 15) is 15.3 Å². The number of ether oxygens (including phenoxy) is 1. The van der Waals surface area contributed by atoms with E-state index < -0.39 is 24.5 Å². The predicted molar refractivity (Wildman–Crippen MR) is 143 cm³/mol. The number of aliphatic hydroxyl groups excluding tert-OH is 3. The molecule has 0 unspecified atom stereocenters. The number of tetrazole rings is 1. The second kappa shape index (κ2) is 11.4. The molecule has 5 heterocycles. The van der Waals surface area contributed by atoms with E-state index in [4.69, 9.17) is 14.7 Å². The van der Waals surface area contributed by atoms with Crippen LogP contribution in [0.25, 0.3) is 11.2 Å². The van der Waals surface area contributed by atoms with Crippen molar-refractivity contribution in [1.29, 1.82) is 0 Å². The molecule has 0 spiro atoms. The highest BCUT2D eigenvalue weighted by Crippen LogP contribution is 2.39. The topological polar surface area (TPSA) is 193 Å². The smallest absolute Gasteiger partial charge is 0.227 e. The fourth-order valence-electron chi connectivity index (χ4n) is 5.09. The summed E-state index contributed by atoms with van der Waals surface area (Å²) in [6, 6.07) is 9.68. The van der Waals surface area contributed by atoms with Crippen LogP contribution in [0.4, 0.5) is 11.8 Å². The van der Waals surface area contributed by atoms with E-state index in [-0.39, 0.29) is 24.5 Å². The Morgan fingerprint density at radius 3 is 2.75 bits per heavy atom. The number of aliphatic hydroxyl groups is 3. The number of imidazole rings is 1. The Hall–Kier alpha value is -3.76. The number of hydrogen-bond donors (Lipinski definition) is 6. The third kappa shape index (κ3) is 5.21. The Bertz CT molecular complexity index is 1420. The van der Waals surface area contributed by atoms with Gasteiger partial charge in [0.05, 0.1) is 25.5 Å². The highest BCUT2D eigenvalue weighted by molar-refractivity contribution is 5.84. The SMILES string of the molecule is CCn1nnc([C@H]2O[C@@H](n3cnc4c(N[C@H](CO)Cc5ccccc5)nc(N[C@@H]5CCNC5)nc43)[C@H](O)[C@@H]2O)n1. The van der Waals surface area contributed by atoms with Gasteiger partial charge in [0.25, 0.3) is 0 Å². The summed E-state index contributed by atoms with van der Waals surface area (Å²) < 4.78 is 7.64. The van der Waals surface area contributed by atoms with Crippen LogP contribution in [-0.4, -0.2) is 99.0 Å². The maximum absolute atomic E-state index is 11.0. The first-order valence-corrected chi connectivity index (χ1v) is 13.5. The summed E-state index contributed by atoms with van der Waals surface area (Å²) in [5.74, 6) is 0.989. The molecule has 0 bridgehead atoms. The fraction of sp³-hybridized carbons (Fsp3) is 0.520. The van der Waals surface area contributed by atoms with Crippen LogP contribution in [0.3, 0.4) is 0 Å². The molecule has 0 aliphatic carbocycles. The van der Waals surface area contributed by atoms with E-state index in [2.05, 4.69) is 36.3 Å². The van der Waals surface area contributed by atoms with Crippen LogP contribution >= 0.6 is 0 Å². The lowest BCUT2D eigenvalue weighted by Crippen LogP contribution is -2.29. The number of anilines is 2. The van der Waals surface area contributed by atoms with Crippen LogP contribution < -0.4 is 16.0 Å². The van der Waals surface area contributed by atoms with Gasteiger partial charge in [-0.3, -0.25) is 4.57 Å². The molecule has 3 aromatic heterocycles. The zero-order chi connectivity index (χ0) is 27.6. The summed E-state index contributed by atoms with van der Waals surface area (Å²) in [7, 11) is 0.